The Morgan fingerprint density at radius 1 is 0.900 bits per heavy atom. The summed E-state index contributed by atoms with van der Waals surface area (Å²) in [7, 11) is -3.62. The van der Waals surface area contributed by atoms with Crippen LogP contribution in [0.4, 0.5) is 5.69 Å². The van der Waals surface area contributed by atoms with Crippen molar-refractivity contribution in [1.82, 2.24) is 4.98 Å². The third-order valence-corrected chi connectivity index (χ3v) is 6.87. The second kappa shape index (κ2) is 8.77. The number of hydrogen-bond acceptors (Lipinski definition) is 5. The Balaban J connectivity index is 1.43. The van der Waals surface area contributed by atoms with Gasteiger partial charge in [-0.15, -0.1) is 11.8 Å². The summed E-state index contributed by atoms with van der Waals surface area (Å²) in [6.07, 6.45) is 0. The molecule has 0 aliphatic heterocycles. The molecule has 0 aliphatic carbocycles. The lowest BCUT2D eigenvalue weighted by molar-refractivity contribution is 0.540. The molecule has 0 unspecified atom stereocenters. The van der Waals surface area contributed by atoms with Crippen LogP contribution in [-0.2, 0) is 15.8 Å². The summed E-state index contributed by atoms with van der Waals surface area (Å²) >= 11 is 1.58. The molecule has 4 aromatic rings. The number of aromatic nitrogens is 1. The summed E-state index contributed by atoms with van der Waals surface area (Å²) < 4.78 is 33.4. The quantitative estimate of drug-likeness (QED) is 0.374. The fraction of sp³-hybridized carbons (Fsp3) is 0.0870. The summed E-state index contributed by atoms with van der Waals surface area (Å²) in [5, 5.41) is 0. The lowest BCUT2D eigenvalue weighted by Gasteiger charge is -2.08. The van der Waals surface area contributed by atoms with E-state index in [2.05, 4.69) is 9.71 Å². The van der Waals surface area contributed by atoms with Crippen LogP contribution >= 0.6 is 11.8 Å². The molecule has 1 heterocycles. The summed E-state index contributed by atoms with van der Waals surface area (Å²) in [4.78, 5) is 5.78. The van der Waals surface area contributed by atoms with Crippen LogP contribution in [0.5, 0.6) is 0 Å². The standard InChI is InChI=1S/C23H20N2O3S2/c1-17-22(24-23(28-17)18-8-4-2-5-9-18)16-29-20-12-14-21(15-13-20)30(26,27)25-19-10-6-3-7-11-19/h2-15,25H,16H2,1H3. The number of nitrogens with zero attached hydrogens (tertiary/aromatic N) is 1. The highest BCUT2D eigenvalue weighted by Gasteiger charge is 2.15. The number of anilines is 1. The zero-order valence-corrected chi connectivity index (χ0v) is 17.9. The van der Waals surface area contributed by atoms with Crippen molar-refractivity contribution < 1.29 is 12.8 Å². The van der Waals surface area contributed by atoms with Gasteiger partial charge in [0.25, 0.3) is 10.0 Å². The predicted octanol–water partition coefficient (Wildman–Crippen LogP) is 5.74. The first-order valence-corrected chi connectivity index (χ1v) is 11.8. The van der Waals surface area contributed by atoms with Gasteiger partial charge in [0.1, 0.15) is 5.76 Å². The van der Waals surface area contributed by atoms with Gasteiger partial charge in [-0.1, -0.05) is 36.4 Å². The molecule has 0 saturated heterocycles. The van der Waals surface area contributed by atoms with Crippen LogP contribution in [0.15, 0.2) is 99.1 Å². The van der Waals surface area contributed by atoms with Gasteiger partial charge in [-0.2, -0.15) is 0 Å². The van der Waals surface area contributed by atoms with Crippen molar-refractivity contribution >= 4 is 27.5 Å². The number of hydrogen-bond donors (Lipinski definition) is 1. The van der Waals surface area contributed by atoms with E-state index in [4.69, 9.17) is 4.42 Å². The van der Waals surface area contributed by atoms with Crippen molar-refractivity contribution in [2.45, 2.75) is 22.5 Å². The van der Waals surface area contributed by atoms with Gasteiger partial charge in [0, 0.05) is 21.9 Å². The lowest BCUT2D eigenvalue weighted by Crippen LogP contribution is -2.12. The van der Waals surface area contributed by atoms with Crippen molar-refractivity contribution in [2.24, 2.45) is 0 Å². The van der Waals surface area contributed by atoms with E-state index in [1.165, 1.54) is 0 Å². The fourth-order valence-electron chi connectivity index (χ4n) is 2.85. The Labute approximate surface area is 180 Å². The van der Waals surface area contributed by atoms with E-state index in [0.717, 1.165) is 21.9 Å². The molecule has 0 fully saturated rings. The molecule has 0 bridgehead atoms. The smallest absolute Gasteiger partial charge is 0.261 e. The largest absolute Gasteiger partial charge is 0.441 e. The van der Waals surface area contributed by atoms with Crippen molar-refractivity contribution in [1.29, 1.82) is 0 Å². The van der Waals surface area contributed by atoms with Crippen molar-refractivity contribution in [2.75, 3.05) is 4.72 Å². The van der Waals surface area contributed by atoms with Gasteiger partial charge in [-0.25, -0.2) is 13.4 Å². The zero-order chi connectivity index (χ0) is 21.0. The van der Waals surface area contributed by atoms with Gasteiger partial charge in [0.2, 0.25) is 5.89 Å². The van der Waals surface area contributed by atoms with Gasteiger partial charge in [0.15, 0.2) is 0 Å². The zero-order valence-electron chi connectivity index (χ0n) is 16.3. The van der Waals surface area contributed by atoms with Gasteiger partial charge >= 0.3 is 0 Å². The number of thioether (sulfide) groups is 1. The number of nitrogens with one attached hydrogen (secondary N) is 1. The molecule has 0 atom stereocenters. The molecular formula is C23H20N2O3S2. The first kappa shape index (κ1) is 20.3. The molecule has 0 spiro atoms. The summed E-state index contributed by atoms with van der Waals surface area (Å²) in [5.41, 5.74) is 2.35. The topological polar surface area (TPSA) is 72.2 Å². The molecule has 0 amide bonds. The molecule has 7 heteroatoms. The van der Waals surface area contributed by atoms with E-state index in [1.54, 1.807) is 60.3 Å². The van der Waals surface area contributed by atoms with Crippen LogP contribution in [0.2, 0.25) is 0 Å². The van der Waals surface area contributed by atoms with E-state index in [1.807, 2.05) is 43.3 Å². The summed E-state index contributed by atoms with van der Waals surface area (Å²) in [6.45, 7) is 1.90. The number of aryl methyl sites for hydroxylation is 1. The molecule has 0 saturated carbocycles. The summed E-state index contributed by atoms with van der Waals surface area (Å²) in [5.74, 6) is 2.03. The van der Waals surface area contributed by atoms with E-state index in [9.17, 15) is 8.42 Å². The molecule has 4 rings (SSSR count). The van der Waals surface area contributed by atoms with Crippen LogP contribution in [0.1, 0.15) is 11.5 Å². The molecule has 3 aromatic carbocycles. The molecule has 30 heavy (non-hydrogen) atoms. The highest BCUT2D eigenvalue weighted by atomic mass is 32.2. The average molecular weight is 437 g/mol. The third-order valence-electron chi connectivity index (χ3n) is 4.45. The van der Waals surface area contributed by atoms with Gasteiger partial charge in [0.05, 0.1) is 10.6 Å². The predicted molar refractivity (Wildman–Crippen MR) is 120 cm³/mol. The Morgan fingerprint density at radius 2 is 1.53 bits per heavy atom. The van der Waals surface area contributed by atoms with E-state index in [-0.39, 0.29) is 4.90 Å². The third kappa shape index (κ3) is 4.75. The SMILES string of the molecule is Cc1oc(-c2ccccc2)nc1CSc1ccc(S(=O)(=O)Nc2ccccc2)cc1. The maximum absolute atomic E-state index is 12.5. The first-order chi connectivity index (χ1) is 14.5. The second-order valence-corrected chi connectivity index (χ2v) is 9.35. The van der Waals surface area contributed by atoms with Crippen LogP contribution in [-0.4, -0.2) is 13.4 Å². The molecule has 0 radical (unpaired) electrons. The normalized spacial score (nSPS) is 11.4. The Hall–Kier alpha value is -3.03. The Morgan fingerprint density at radius 3 is 2.20 bits per heavy atom. The van der Waals surface area contributed by atoms with Crippen LogP contribution in [0.3, 0.4) is 0 Å². The maximum Gasteiger partial charge on any atom is 0.261 e. The number of oxazole rings is 1. The fourth-order valence-corrected chi connectivity index (χ4v) is 4.81. The number of benzene rings is 3. The van der Waals surface area contributed by atoms with Gasteiger partial charge in [-0.3, -0.25) is 4.72 Å². The minimum Gasteiger partial charge on any atom is -0.441 e. The lowest BCUT2D eigenvalue weighted by atomic mass is 10.2. The number of sulfonamides is 1. The molecule has 0 aliphatic rings. The average Bonchev–Trinajstić information content (AvgIpc) is 3.14. The minimum absolute atomic E-state index is 0.222. The second-order valence-electron chi connectivity index (χ2n) is 6.62. The highest BCUT2D eigenvalue weighted by molar-refractivity contribution is 7.98. The number of rotatable bonds is 7. The van der Waals surface area contributed by atoms with E-state index in [0.29, 0.717) is 17.3 Å². The summed E-state index contributed by atoms with van der Waals surface area (Å²) in [6, 6.07) is 25.4. The van der Waals surface area contributed by atoms with Crippen LogP contribution in [0, 0.1) is 6.92 Å². The van der Waals surface area contributed by atoms with Gasteiger partial charge in [-0.05, 0) is 55.5 Å². The van der Waals surface area contributed by atoms with E-state index < -0.39 is 10.0 Å². The Kier molecular flexibility index (Phi) is 5.92. The van der Waals surface area contributed by atoms with Crippen molar-refractivity contribution in [3.05, 3.63) is 96.4 Å². The maximum atomic E-state index is 12.5. The molecule has 5 nitrogen and oxygen atoms in total. The van der Waals surface area contributed by atoms with Crippen molar-refractivity contribution in [3.63, 3.8) is 0 Å². The van der Waals surface area contributed by atoms with E-state index >= 15 is 0 Å². The molecular weight excluding hydrogens is 416 g/mol. The van der Waals surface area contributed by atoms with Crippen LogP contribution in [0.25, 0.3) is 11.5 Å². The van der Waals surface area contributed by atoms with Gasteiger partial charge < -0.3 is 4.42 Å². The molecule has 1 aromatic heterocycles. The number of para-hydroxylation sites is 1. The first-order valence-electron chi connectivity index (χ1n) is 9.34. The Bertz CT molecular complexity index is 1220. The van der Waals surface area contributed by atoms with Crippen molar-refractivity contribution in [3.8, 4) is 11.5 Å². The molecule has 152 valence electrons. The molecule has 1 N–H and O–H groups in total. The highest BCUT2D eigenvalue weighted by Crippen LogP contribution is 2.28. The van der Waals surface area contributed by atoms with Crippen LogP contribution < -0.4 is 4.72 Å². The minimum atomic E-state index is -3.62. The monoisotopic (exact) mass is 436 g/mol.